The van der Waals surface area contributed by atoms with Gasteiger partial charge in [-0.3, -0.25) is 14.5 Å². The molecular formula is C17H22N2O2S. The summed E-state index contributed by atoms with van der Waals surface area (Å²) in [6.07, 6.45) is 0.624. The molecule has 0 bridgehead atoms. The molecule has 22 heavy (non-hydrogen) atoms. The second kappa shape index (κ2) is 5.95. The lowest BCUT2D eigenvalue weighted by molar-refractivity contribution is -0.135. The number of carbonyl (C=O) groups excluding carboxylic acids is 2. The SMILES string of the molecule is CC(=O)N1c2ccccc2C[C@H]1C(=O)N1CCS[C@@H](C)[C@H]1C. The third kappa shape index (κ3) is 2.51. The number of para-hydroxylation sites is 1. The Morgan fingerprint density at radius 3 is 2.68 bits per heavy atom. The van der Waals surface area contributed by atoms with Gasteiger partial charge in [-0.05, 0) is 18.6 Å². The molecule has 0 saturated carbocycles. The van der Waals surface area contributed by atoms with E-state index in [1.165, 1.54) is 0 Å². The van der Waals surface area contributed by atoms with E-state index >= 15 is 0 Å². The van der Waals surface area contributed by atoms with Gasteiger partial charge in [-0.15, -0.1) is 0 Å². The average Bonchev–Trinajstić information content (AvgIpc) is 2.89. The van der Waals surface area contributed by atoms with E-state index in [1.807, 2.05) is 40.9 Å². The molecule has 0 radical (unpaired) electrons. The van der Waals surface area contributed by atoms with Crippen LogP contribution >= 0.6 is 11.8 Å². The molecular weight excluding hydrogens is 296 g/mol. The summed E-state index contributed by atoms with van der Waals surface area (Å²) in [6.45, 7) is 6.59. The molecule has 2 aliphatic rings. The summed E-state index contributed by atoms with van der Waals surface area (Å²) in [7, 11) is 0. The van der Waals surface area contributed by atoms with Crippen molar-refractivity contribution in [2.24, 2.45) is 0 Å². The van der Waals surface area contributed by atoms with Gasteiger partial charge in [0.25, 0.3) is 0 Å². The second-order valence-electron chi connectivity index (χ2n) is 6.09. The summed E-state index contributed by atoms with van der Waals surface area (Å²) in [5.41, 5.74) is 1.98. The molecule has 1 saturated heterocycles. The standard InChI is InChI=1S/C17H22N2O2S/c1-11-12(2)22-9-8-18(11)17(21)16-10-14-6-4-5-7-15(14)19(16)13(3)20/h4-7,11-12,16H,8-10H2,1-3H3/t11-,12+,16+/m1/s1. The monoisotopic (exact) mass is 318 g/mol. The first-order chi connectivity index (χ1) is 10.5. The summed E-state index contributed by atoms with van der Waals surface area (Å²) in [5, 5.41) is 0.437. The minimum absolute atomic E-state index is 0.0598. The van der Waals surface area contributed by atoms with Crippen LogP contribution in [0.2, 0.25) is 0 Å². The van der Waals surface area contributed by atoms with Crippen LogP contribution in [0.3, 0.4) is 0 Å². The van der Waals surface area contributed by atoms with Crippen molar-refractivity contribution in [3.63, 3.8) is 0 Å². The summed E-state index contributed by atoms with van der Waals surface area (Å²) in [4.78, 5) is 28.8. The van der Waals surface area contributed by atoms with Crippen molar-refractivity contribution in [2.45, 2.75) is 44.5 Å². The van der Waals surface area contributed by atoms with Crippen molar-refractivity contribution in [1.29, 1.82) is 0 Å². The fourth-order valence-electron chi connectivity index (χ4n) is 3.41. The van der Waals surface area contributed by atoms with Crippen LogP contribution in [0.5, 0.6) is 0 Å². The predicted octanol–water partition coefficient (Wildman–Crippen LogP) is 2.32. The van der Waals surface area contributed by atoms with Gasteiger partial charge in [0.2, 0.25) is 11.8 Å². The fourth-order valence-corrected chi connectivity index (χ4v) is 4.51. The Labute approximate surface area is 135 Å². The first-order valence-electron chi connectivity index (χ1n) is 7.80. The number of rotatable bonds is 1. The van der Waals surface area contributed by atoms with Crippen molar-refractivity contribution in [3.05, 3.63) is 29.8 Å². The maximum absolute atomic E-state index is 13.1. The topological polar surface area (TPSA) is 40.6 Å². The highest BCUT2D eigenvalue weighted by Gasteiger charge is 2.41. The quantitative estimate of drug-likeness (QED) is 0.798. The Morgan fingerprint density at radius 1 is 1.23 bits per heavy atom. The molecule has 3 atom stereocenters. The fraction of sp³-hybridized carbons (Fsp3) is 0.529. The number of carbonyl (C=O) groups is 2. The van der Waals surface area contributed by atoms with Gasteiger partial charge in [-0.1, -0.05) is 25.1 Å². The number of amides is 2. The number of anilines is 1. The predicted molar refractivity (Wildman–Crippen MR) is 90.2 cm³/mol. The van der Waals surface area contributed by atoms with Gasteiger partial charge in [0, 0.05) is 42.6 Å². The van der Waals surface area contributed by atoms with Crippen LogP contribution < -0.4 is 4.90 Å². The molecule has 3 rings (SSSR count). The smallest absolute Gasteiger partial charge is 0.246 e. The Balaban J connectivity index is 1.88. The van der Waals surface area contributed by atoms with E-state index in [0.29, 0.717) is 11.7 Å². The summed E-state index contributed by atoms with van der Waals surface area (Å²) >= 11 is 1.91. The van der Waals surface area contributed by atoms with Crippen LogP contribution in [0.1, 0.15) is 26.3 Å². The lowest BCUT2D eigenvalue weighted by atomic mass is 10.1. The molecule has 0 aliphatic carbocycles. The molecule has 5 heteroatoms. The third-order valence-corrected chi connectivity index (χ3v) is 6.11. The number of hydrogen-bond donors (Lipinski definition) is 0. The number of hydrogen-bond acceptors (Lipinski definition) is 3. The summed E-state index contributed by atoms with van der Waals surface area (Å²) in [5.74, 6) is 0.998. The van der Waals surface area contributed by atoms with Crippen LogP contribution in [0.25, 0.3) is 0 Å². The van der Waals surface area contributed by atoms with Gasteiger partial charge in [0.1, 0.15) is 6.04 Å². The Kier molecular flexibility index (Phi) is 4.17. The third-order valence-electron chi connectivity index (χ3n) is 4.77. The highest BCUT2D eigenvalue weighted by molar-refractivity contribution is 8.00. The zero-order valence-electron chi connectivity index (χ0n) is 13.3. The number of benzene rings is 1. The number of fused-ring (bicyclic) bond motifs is 1. The lowest BCUT2D eigenvalue weighted by Gasteiger charge is -2.40. The van der Waals surface area contributed by atoms with E-state index in [1.54, 1.807) is 11.8 Å². The Hall–Kier alpha value is -1.49. The van der Waals surface area contributed by atoms with Crippen molar-refractivity contribution >= 4 is 29.3 Å². The molecule has 4 nitrogen and oxygen atoms in total. The van der Waals surface area contributed by atoms with Gasteiger partial charge < -0.3 is 4.90 Å². The highest BCUT2D eigenvalue weighted by Crippen LogP contribution is 2.34. The molecule has 0 aromatic heterocycles. The molecule has 0 N–H and O–H groups in total. The normalized spacial score (nSPS) is 27.7. The van der Waals surface area contributed by atoms with E-state index in [4.69, 9.17) is 0 Å². The second-order valence-corrected chi connectivity index (χ2v) is 7.57. The first kappa shape index (κ1) is 15.4. The Bertz CT molecular complexity index is 604. The van der Waals surface area contributed by atoms with E-state index in [2.05, 4.69) is 13.8 Å². The molecule has 0 unspecified atom stereocenters. The molecule has 1 fully saturated rings. The molecule has 2 amide bonds. The van der Waals surface area contributed by atoms with Crippen LogP contribution in [0, 0.1) is 0 Å². The van der Waals surface area contributed by atoms with E-state index in [0.717, 1.165) is 23.5 Å². The van der Waals surface area contributed by atoms with E-state index in [9.17, 15) is 9.59 Å². The zero-order valence-corrected chi connectivity index (χ0v) is 14.1. The van der Waals surface area contributed by atoms with E-state index in [-0.39, 0.29) is 23.9 Å². The van der Waals surface area contributed by atoms with Gasteiger partial charge in [-0.25, -0.2) is 0 Å². The summed E-state index contributed by atoms with van der Waals surface area (Å²) < 4.78 is 0. The first-order valence-corrected chi connectivity index (χ1v) is 8.85. The van der Waals surface area contributed by atoms with Crippen LogP contribution in [0.15, 0.2) is 24.3 Å². The zero-order chi connectivity index (χ0) is 15.9. The molecule has 0 spiro atoms. The maximum Gasteiger partial charge on any atom is 0.246 e. The van der Waals surface area contributed by atoms with Gasteiger partial charge in [0.05, 0.1) is 0 Å². The van der Waals surface area contributed by atoms with Crippen LogP contribution in [-0.4, -0.2) is 46.3 Å². The van der Waals surface area contributed by atoms with Gasteiger partial charge in [-0.2, -0.15) is 11.8 Å². The lowest BCUT2D eigenvalue weighted by Crippen LogP contribution is -2.55. The van der Waals surface area contributed by atoms with E-state index < -0.39 is 0 Å². The molecule has 2 aliphatic heterocycles. The van der Waals surface area contributed by atoms with Crippen molar-refractivity contribution in [3.8, 4) is 0 Å². The minimum atomic E-state index is -0.382. The average molecular weight is 318 g/mol. The van der Waals surface area contributed by atoms with Crippen molar-refractivity contribution < 1.29 is 9.59 Å². The largest absolute Gasteiger partial charge is 0.336 e. The highest BCUT2D eigenvalue weighted by atomic mass is 32.2. The van der Waals surface area contributed by atoms with Crippen LogP contribution in [-0.2, 0) is 16.0 Å². The Morgan fingerprint density at radius 2 is 1.95 bits per heavy atom. The number of thioether (sulfide) groups is 1. The summed E-state index contributed by atoms with van der Waals surface area (Å²) in [6, 6.07) is 7.66. The number of nitrogens with zero attached hydrogens (tertiary/aromatic N) is 2. The maximum atomic E-state index is 13.1. The van der Waals surface area contributed by atoms with Crippen molar-refractivity contribution in [1.82, 2.24) is 4.90 Å². The van der Waals surface area contributed by atoms with Gasteiger partial charge in [0.15, 0.2) is 0 Å². The van der Waals surface area contributed by atoms with Crippen LogP contribution in [0.4, 0.5) is 5.69 Å². The molecule has 118 valence electrons. The molecule has 1 aromatic carbocycles. The molecule has 2 heterocycles. The minimum Gasteiger partial charge on any atom is -0.336 e. The van der Waals surface area contributed by atoms with Gasteiger partial charge >= 0.3 is 0 Å². The molecule has 1 aromatic rings. The van der Waals surface area contributed by atoms with Crippen molar-refractivity contribution in [2.75, 3.05) is 17.2 Å².